The molecule has 1 N–H and O–H groups in total. The first-order valence-electron chi connectivity index (χ1n) is 6.15. The number of aromatic nitrogens is 4. The molecule has 0 aliphatic carbocycles. The summed E-state index contributed by atoms with van der Waals surface area (Å²) in [7, 11) is 0. The summed E-state index contributed by atoms with van der Waals surface area (Å²) in [5.74, 6) is -1.55. The maximum atomic E-state index is 11.9. The Morgan fingerprint density at radius 2 is 1.75 bits per heavy atom. The van der Waals surface area contributed by atoms with Crippen LogP contribution in [0, 0.1) is 6.92 Å². The second-order valence-corrected chi connectivity index (χ2v) is 3.88. The van der Waals surface area contributed by atoms with Gasteiger partial charge in [0.1, 0.15) is 0 Å². The van der Waals surface area contributed by atoms with E-state index in [1.165, 1.54) is 0 Å². The van der Waals surface area contributed by atoms with Gasteiger partial charge in [0.15, 0.2) is 11.3 Å². The number of hydrogen-bond donors (Lipinski definition) is 1. The van der Waals surface area contributed by atoms with Crippen molar-refractivity contribution in [2.45, 2.75) is 20.8 Å². The van der Waals surface area contributed by atoms with Gasteiger partial charge in [0.2, 0.25) is 5.82 Å². The molecule has 0 amide bonds. The Morgan fingerprint density at radius 3 is 2.40 bits per heavy atom. The molecule has 0 fully saturated rings. The molecule has 0 atom stereocenters. The van der Waals surface area contributed by atoms with Gasteiger partial charge in [-0.3, -0.25) is 5.10 Å². The van der Waals surface area contributed by atoms with Crippen molar-refractivity contribution in [2.24, 2.45) is 0 Å². The van der Waals surface area contributed by atoms with Crippen LogP contribution < -0.4 is 0 Å². The van der Waals surface area contributed by atoms with E-state index in [9.17, 15) is 9.59 Å². The average Bonchev–Trinajstić information content (AvgIpc) is 2.80. The van der Waals surface area contributed by atoms with Crippen molar-refractivity contribution in [3.8, 4) is 0 Å². The fraction of sp³-hybridized carbons (Fsp3) is 0.417. The number of nitrogens with one attached hydrogen (secondary N) is 1. The number of fused-ring (bicyclic) bond motifs is 1. The standard InChI is InChI=1S/C12H14N4O4/c1-4-19-11(17)8-7-6(3)15-16-9(7)14-10(13-8)12(18)20-5-2/h4-5H2,1-3H3,(H,13,14,15,16). The highest BCUT2D eigenvalue weighted by atomic mass is 16.5. The van der Waals surface area contributed by atoms with Crippen LogP contribution in [-0.2, 0) is 9.47 Å². The number of aromatic amines is 1. The Bertz CT molecular complexity index is 665. The van der Waals surface area contributed by atoms with Gasteiger partial charge >= 0.3 is 11.9 Å². The number of aryl methyl sites for hydroxylation is 1. The first-order valence-corrected chi connectivity index (χ1v) is 6.15. The van der Waals surface area contributed by atoms with Gasteiger partial charge in [0.05, 0.1) is 18.6 Å². The molecule has 0 spiro atoms. The van der Waals surface area contributed by atoms with Crippen LogP contribution in [0.15, 0.2) is 0 Å². The van der Waals surface area contributed by atoms with Crippen molar-refractivity contribution in [3.63, 3.8) is 0 Å². The summed E-state index contributed by atoms with van der Waals surface area (Å²) >= 11 is 0. The highest BCUT2D eigenvalue weighted by Gasteiger charge is 2.23. The SMILES string of the molecule is CCOC(=O)c1nc(C(=O)OCC)c2c(C)[nH]nc2n1. The number of rotatable bonds is 4. The van der Waals surface area contributed by atoms with Crippen LogP contribution in [-0.4, -0.2) is 45.3 Å². The Hall–Kier alpha value is -2.51. The summed E-state index contributed by atoms with van der Waals surface area (Å²) in [6.07, 6.45) is 0. The number of H-pyrrole nitrogens is 1. The first kappa shape index (κ1) is 13.9. The minimum atomic E-state index is -0.708. The zero-order valence-electron chi connectivity index (χ0n) is 11.4. The van der Waals surface area contributed by atoms with E-state index in [2.05, 4.69) is 20.2 Å². The van der Waals surface area contributed by atoms with Crippen molar-refractivity contribution < 1.29 is 19.1 Å². The highest BCUT2D eigenvalue weighted by molar-refractivity contribution is 6.03. The molecule has 8 heteroatoms. The fourth-order valence-electron chi connectivity index (χ4n) is 1.70. The average molecular weight is 278 g/mol. The molecule has 0 radical (unpaired) electrons. The second-order valence-electron chi connectivity index (χ2n) is 3.88. The normalized spacial score (nSPS) is 10.6. The van der Waals surface area contributed by atoms with Crippen LogP contribution in [0.1, 0.15) is 40.6 Å². The van der Waals surface area contributed by atoms with Crippen molar-refractivity contribution in [1.82, 2.24) is 20.2 Å². The minimum absolute atomic E-state index is 0.00570. The van der Waals surface area contributed by atoms with Gasteiger partial charge in [-0.15, -0.1) is 0 Å². The smallest absolute Gasteiger partial charge is 0.376 e. The number of carbonyl (C=O) groups is 2. The summed E-state index contributed by atoms with van der Waals surface area (Å²) in [6.45, 7) is 5.47. The van der Waals surface area contributed by atoms with Gasteiger partial charge in [0, 0.05) is 5.69 Å². The summed E-state index contributed by atoms with van der Waals surface area (Å²) in [6, 6.07) is 0. The molecule has 2 aromatic rings. The molecule has 0 unspecified atom stereocenters. The van der Waals surface area contributed by atoms with Crippen molar-refractivity contribution in [2.75, 3.05) is 13.2 Å². The Kier molecular flexibility index (Phi) is 3.92. The predicted octanol–water partition coefficient (Wildman–Crippen LogP) is 1.01. The fourth-order valence-corrected chi connectivity index (χ4v) is 1.70. The molecular weight excluding hydrogens is 264 g/mol. The van der Waals surface area contributed by atoms with Gasteiger partial charge in [-0.1, -0.05) is 0 Å². The lowest BCUT2D eigenvalue weighted by Crippen LogP contribution is -2.15. The Balaban J connectivity index is 2.59. The molecule has 2 aromatic heterocycles. The monoisotopic (exact) mass is 278 g/mol. The Labute approximate surface area is 114 Å². The number of nitrogens with zero attached hydrogens (tertiary/aromatic N) is 3. The summed E-state index contributed by atoms with van der Waals surface area (Å²) in [5.41, 5.74) is 0.855. The van der Waals surface area contributed by atoms with Gasteiger partial charge in [-0.2, -0.15) is 5.10 Å². The van der Waals surface area contributed by atoms with E-state index in [4.69, 9.17) is 9.47 Å². The molecule has 0 bridgehead atoms. The van der Waals surface area contributed by atoms with E-state index in [1.54, 1.807) is 20.8 Å². The molecule has 8 nitrogen and oxygen atoms in total. The number of ether oxygens (including phenoxy) is 2. The lowest BCUT2D eigenvalue weighted by atomic mass is 10.2. The van der Waals surface area contributed by atoms with Crippen molar-refractivity contribution in [3.05, 3.63) is 17.2 Å². The molecule has 106 valence electrons. The zero-order valence-corrected chi connectivity index (χ0v) is 11.4. The molecule has 0 aromatic carbocycles. The second kappa shape index (κ2) is 5.64. The van der Waals surface area contributed by atoms with Gasteiger partial charge in [-0.25, -0.2) is 19.6 Å². The quantitative estimate of drug-likeness (QED) is 0.831. The van der Waals surface area contributed by atoms with E-state index in [-0.39, 0.29) is 30.4 Å². The molecule has 2 heterocycles. The highest BCUT2D eigenvalue weighted by Crippen LogP contribution is 2.18. The van der Waals surface area contributed by atoms with E-state index in [0.29, 0.717) is 11.1 Å². The number of esters is 2. The zero-order chi connectivity index (χ0) is 14.7. The van der Waals surface area contributed by atoms with E-state index >= 15 is 0 Å². The Morgan fingerprint density at radius 1 is 1.10 bits per heavy atom. The van der Waals surface area contributed by atoms with Crippen LogP contribution >= 0.6 is 0 Å². The van der Waals surface area contributed by atoms with Crippen molar-refractivity contribution >= 4 is 23.0 Å². The van der Waals surface area contributed by atoms with E-state index in [0.717, 1.165) is 0 Å². The van der Waals surface area contributed by atoms with Crippen LogP contribution in [0.4, 0.5) is 0 Å². The maximum Gasteiger partial charge on any atom is 0.376 e. The van der Waals surface area contributed by atoms with Gasteiger partial charge in [0.25, 0.3) is 0 Å². The summed E-state index contributed by atoms with van der Waals surface area (Å²) in [5, 5.41) is 7.07. The van der Waals surface area contributed by atoms with Crippen LogP contribution in [0.3, 0.4) is 0 Å². The van der Waals surface area contributed by atoms with Crippen LogP contribution in [0.2, 0.25) is 0 Å². The third-order valence-corrected chi connectivity index (χ3v) is 2.52. The largest absolute Gasteiger partial charge is 0.461 e. The molecule has 0 aliphatic heterocycles. The molecule has 0 aliphatic rings. The molecule has 20 heavy (non-hydrogen) atoms. The van der Waals surface area contributed by atoms with Gasteiger partial charge in [-0.05, 0) is 20.8 Å². The van der Waals surface area contributed by atoms with Crippen LogP contribution in [0.5, 0.6) is 0 Å². The molecule has 0 saturated heterocycles. The molecule has 2 rings (SSSR count). The lowest BCUT2D eigenvalue weighted by Gasteiger charge is -2.05. The van der Waals surface area contributed by atoms with Crippen LogP contribution in [0.25, 0.3) is 11.0 Å². The topological polar surface area (TPSA) is 107 Å². The first-order chi connectivity index (χ1) is 9.58. The minimum Gasteiger partial charge on any atom is -0.461 e. The van der Waals surface area contributed by atoms with Crippen molar-refractivity contribution in [1.29, 1.82) is 0 Å². The summed E-state index contributed by atoms with van der Waals surface area (Å²) in [4.78, 5) is 31.6. The summed E-state index contributed by atoms with van der Waals surface area (Å²) < 4.78 is 9.76. The molecular formula is C12H14N4O4. The predicted molar refractivity (Wildman–Crippen MR) is 68.3 cm³/mol. The third kappa shape index (κ3) is 2.44. The van der Waals surface area contributed by atoms with E-state index < -0.39 is 11.9 Å². The van der Waals surface area contributed by atoms with E-state index in [1.807, 2.05) is 0 Å². The number of hydrogen-bond acceptors (Lipinski definition) is 7. The van der Waals surface area contributed by atoms with Gasteiger partial charge < -0.3 is 9.47 Å². The maximum absolute atomic E-state index is 11.9. The molecule has 0 saturated carbocycles. The lowest BCUT2D eigenvalue weighted by molar-refractivity contribution is 0.0507. The third-order valence-electron chi connectivity index (χ3n) is 2.52. The number of carbonyl (C=O) groups excluding carboxylic acids is 2.